The van der Waals surface area contributed by atoms with Crippen molar-refractivity contribution >= 4 is 16.9 Å². The van der Waals surface area contributed by atoms with Gasteiger partial charge in [-0.15, -0.1) is 0 Å². The summed E-state index contributed by atoms with van der Waals surface area (Å²) in [7, 11) is 1.47. The molecule has 0 spiro atoms. The Morgan fingerprint density at radius 2 is 1.81 bits per heavy atom. The number of carbonyl (C=O) groups excluding carboxylic acids is 1. The zero-order chi connectivity index (χ0) is 21.8. The number of H-pyrrole nitrogens is 1. The van der Waals surface area contributed by atoms with E-state index in [-0.39, 0.29) is 29.9 Å². The molecule has 3 aromatic rings. The van der Waals surface area contributed by atoms with Crippen molar-refractivity contribution in [2.24, 2.45) is 0 Å². The number of para-hydroxylation sites is 1. The van der Waals surface area contributed by atoms with Crippen LogP contribution in [0.25, 0.3) is 10.9 Å². The van der Waals surface area contributed by atoms with Crippen LogP contribution < -0.4 is 5.32 Å². The number of ether oxygens (including phenoxy) is 1. The normalized spacial score (nSPS) is 27.7. The van der Waals surface area contributed by atoms with Crippen LogP contribution in [-0.2, 0) is 16.0 Å². The number of nitrogens with zero attached hydrogens (tertiary/aromatic N) is 1. The molecule has 6 heteroatoms. The molecule has 0 bridgehead atoms. The molecular weight excluding hydrogens is 405 g/mol. The smallest absolute Gasteiger partial charge is 0.323 e. The van der Waals surface area contributed by atoms with Crippen molar-refractivity contribution in [3.63, 3.8) is 0 Å². The maximum absolute atomic E-state index is 13.7. The van der Waals surface area contributed by atoms with Crippen LogP contribution in [0.4, 0.5) is 4.39 Å². The van der Waals surface area contributed by atoms with Gasteiger partial charge in [0, 0.05) is 41.1 Å². The van der Waals surface area contributed by atoms with Gasteiger partial charge in [-0.05, 0) is 55.0 Å². The number of nitrogens with one attached hydrogen (secondary N) is 2. The van der Waals surface area contributed by atoms with Crippen LogP contribution in [0.3, 0.4) is 0 Å². The summed E-state index contributed by atoms with van der Waals surface area (Å²) in [5.41, 5.74) is 4.59. The predicted molar refractivity (Wildman–Crippen MR) is 121 cm³/mol. The third kappa shape index (κ3) is 3.33. The molecule has 5 nitrogen and oxygen atoms in total. The fraction of sp³-hybridized carbons (Fsp3) is 0.423. The monoisotopic (exact) mass is 433 g/mol. The number of aromatic amines is 1. The van der Waals surface area contributed by atoms with Gasteiger partial charge < -0.3 is 15.0 Å². The highest BCUT2D eigenvalue weighted by molar-refractivity contribution is 5.87. The number of halogens is 1. The van der Waals surface area contributed by atoms with E-state index in [9.17, 15) is 9.18 Å². The summed E-state index contributed by atoms with van der Waals surface area (Å²) in [5, 5.41) is 5.02. The lowest BCUT2D eigenvalue weighted by atomic mass is 9.79. The quantitative estimate of drug-likeness (QED) is 0.599. The fourth-order valence-electron chi connectivity index (χ4n) is 5.87. The number of piperidine rings is 1. The van der Waals surface area contributed by atoms with Gasteiger partial charge in [0.05, 0.1) is 13.2 Å². The average Bonchev–Trinajstić information content (AvgIpc) is 3.55. The van der Waals surface area contributed by atoms with E-state index in [0.29, 0.717) is 18.5 Å². The Hall–Kier alpha value is -2.70. The van der Waals surface area contributed by atoms with Crippen molar-refractivity contribution < 1.29 is 13.9 Å². The highest BCUT2D eigenvalue weighted by atomic mass is 19.1. The molecule has 2 N–H and O–H groups in total. The Balaban J connectivity index is 1.48. The van der Waals surface area contributed by atoms with E-state index in [4.69, 9.17) is 4.74 Å². The summed E-state index contributed by atoms with van der Waals surface area (Å²) in [5.74, 6) is -0.443. The SMILES string of the molecule is COC(=O)C1Cc2c([nH]c3ccccc23)C2CC(NC3CC3)CC(c3ccc(F)cc3)N12. The Morgan fingerprint density at radius 3 is 2.56 bits per heavy atom. The molecule has 1 aromatic heterocycles. The lowest BCUT2D eigenvalue weighted by Gasteiger charge is -2.50. The van der Waals surface area contributed by atoms with E-state index in [0.717, 1.165) is 23.9 Å². The number of hydrogen-bond donors (Lipinski definition) is 2. The van der Waals surface area contributed by atoms with E-state index in [2.05, 4.69) is 33.4 Å². The first-order valence-electron chi connectivity index (χ1n) is 11.6. The Kier molecular flexibility index (Phi) is 4.81. The second-order valence-electron chi connectivity index (χ2n) is 9.45. The van der Waals surface area contributed by atoms with Gasteiger partial charge in [0.2, 0.25) is 0 Å². The van der Waals surface area contributed by atoms with E-state index < -0.39 is 0 Å². The fourth-order valence-corrected chi connectivity index (χ4v) is 5.87. The largest absolute Gasteiger partial charge is 0.468 e. The summed E-state index contributed by atoms with van der Waals surface area (Å²) in [4.78, 5) is 19.1. The molecule has 2 aliphatic heterocycles. The summed E-state index contributed by atoms with van der Waals surface area (Å²) >= 11 is 0. The lowest BCUT2D eigenvalue weighted by molar-refractivity contribution is -0.152. The Bertz CT molecular complexity index is 1150. The zero-order valence-electron chi connectivity index (χ0n) is 18.2. The summed E-state index contributed by atoms with van der Waals surface area (Å²) in [6, 6.07) is 15.8. The van der Waals surface area contributed by atoms with Gasteiger partial charge in [0.15, 0.2) is 0 Å². The van der Waals surface area contributed by atoms with Crippen LogP contribution in [0.2, 0.25) is 0 Å². The van der Waals surface area contributed by atoms with E-state index in [1.165, 1.54) is 48.7 Å². The van der Waals surface area contributed by atoms with E-state index in [1.807, 2.05) is 18.2 Å². The summed E-state index contributed by atoms with van der Waals surface area (Å²) in [6.45, 7) is 0. The van der Waals surface area contributed by atoms with Gasteiger partial charge in [-0.25, -0.2) is 4.39 Å². The second kappa shape index (κ2) is 7.71. The molecule has 3 heterocycles. The van der Waals surface area contributed by atoms with Gasteiger partial charge in [0.1, 0.15) is 11.9 Å². The number of hydrogen-bond acceptors (Lipinski definition) is 4. The molecule has 3 aliphatic rings. The molecule has 6 rings (SSSR count). The minimum Gasteiger partial charge on any atom is -0.468 e. The minimum absolute atomic E-state index is 0.00858. The molecule has 4 atom stereocenters. The third-order valence-electron chi connectivity index (χ3n) is 7.45. The van der Waals surface area contributed by atoms with Crippen molar-refractivity contribution in [3.05, 3.63) is 71.2 Å². The first kappa shape index (κ1) is 19.9. The molecule has 1 aliphatic carbocycles. The van der Waals surface area contributed by atoms with Crippen molar-refractivity contribution in [2.45, 2.75) is 62.3 Å². The number of esters is 1. The second-order valence-corrected chi connectivity index (χ2v) is 9.45. The summed E-state index contributed by atoms with van der Waals surface area (Å²) in [6.07, 6.45) is 4.90. The van der Waals surface area contributed by atoms with Gasteiger partial charge in [0.25, 0.3) is 0 Å². The van der Waals surface area contributed by atoms with Gasteiger partial charge in [-0.2, -0.15) is 0 Å². The van der Waals surface area contributed by atoms with Crippen LogP contribution in [0.15, 0.2) is 48.5 Å². The molecule has 1 saturated heterocycles. The van der Waals surface area contributed by atoms with Crippen molar-refractivity contribution in [1.82, 2.24) is 15.2 Å². The van der Waals surface area contributed by atoms with Gasteiger partial charge in [-0.1, -0.05) is 30.3 Å². The standard InChI is InChI=1S/C26H28FN3O2/c1-32-26(31)24-14-20-19-4-2-3-5-21(19)29-25(20)23-13-18(28-17-10-11-17)12-22(30(23)24)15-6-8-16(27)9-7-15/h2-9,17-18,22-24,28-29H,10-14H2,1H3. The topological polar surface area (TPSA) is 57.4 Å². The van der Waals surface area contributed by atoms with Gasteiger partial charge >= 0.3 is 5.97 Å². The molecule has 2 aromatic carbocycles. The number of aromatic nitrogens is 1. The van der Waals surface area contributed by atoms with Crippen LogP contribution in [0.1, 0.15) is 54.6 Å². The highest BCUT2D eigenvalue weighted by Gasteiger charge is 2.48. The maximum Gasteiger partial charge on any atom is 0.323 e. The van der Waals surface area contributed by atoms with Crippen molar-refractivity contribution in [1.29, 1.82) is 0 Å². The molecular formula is C26H28FN3O2. The number of carbonyl (C=O) groups is 1. The molecule has 0 amide bonds. The number of benzene rings is 2. The first-order chi connectivity index (χ1) is 15.6. The highest BCUT2D eigenvalue weighted by Crippen LogP contribution is 2.49. The van der Waals surface area contributed by atoms with E-state index in [1.54, 1.807) is 0 Å². The average molecular weight is 434 g/mol. The summed E-state index contributed by atoms with van der Waals surface area (Å²) < 4.78 is 19.0. The maximum atomic E-state index is 13.7. The molecule has 4 unspecified atom stereocenters. The molecule has 1 saturated carbocycles. The van der Waals surface area contributed by atoms with E-state index >= 15 is 0 Å². The Morgan fingerprint density at radius 1 is 1.06 bits per heavy atom. The van der Waals surface area contributed by atoms with Crippen LogP contribution in [0.5, 0.6) is 0 Å². The lowest BCUT2D eigenvalue weighted by Crippen LogP contribution is -2.55. The van der Waals surface area contributed by atoms with Gasteiger partial charge in [-0.3, -0.25) is 9.69 Å². The van der Waals surface area contributed by atoms with Crippen molar-refractivity contribution in [3.8, 4) is 0 Å². The number of fused-ring (bicyclic) bond motifs is 5. The first-order valence-corrected chi connectivity index (χ1v) is 11.6. The number of methoxy groups -OCH3 is 1. The molecule has 0 radical (unpaired) electrons. The van der Waals surface area contributed by atoms with Crippen LogP contribution in [0, 0.1) is 5.82 Å². The zero-order valence-corrected chi connectivity index (χ0v) is 18.2. The minimum atomic E-state index is -0.367. The molecule has 32 heavy (non-hydrogen) atoms. The van der Waals surface area contributed by atoms with Crippen LogP contribution >= 0.6 is 0 Å². The molecule has 2 fully saturated rings. The number of rotatable bonds is 4. The Labute approximate surface area is 186 Å². The van der Waals surface area contributed by atoms with Crippen molar-refractivity contribution in [2.75, 3.05) is 7.11 Å². The third-order valence-corrected chi connectivity index (χ3v) is 7.45. The predicted octanol–water partition coefficient (Wildman–Crippen LogP) is 4.40. The van der Waals surface area contributed by atoms with Crippen LogP contribution in [-0.4, -0.2) is 41.1 Å². The molecule has 166 valence electrons.